The Morgan fingerprint density at radius 2 is 1.85 bits per heavy atom. The Kier molecular flexibility index (Phi) is 7.23. The van der Waals surface area contributed by atoms with E-state index in [0.29, 0.717) is 27.8 Å². The third kappa shape index (κ3) is 5.26. The number of nitro benzene ring substituents is 1. The Morgan fingerprint density at radius 3 is 2.52 bits per heavy atom. The molecule has 0 aliphatic heterocycles. The van der Waals surface area contributed by atoms with E-state index in [-0.39, 0.29) is 16.3 Å². The van der Waals surface area contributed by atoms with E-state index in [9.17, 15) is 19.7 Å². The number of carbonyl (C=O) groups is 2. The number of nitrogens with one attached hydrogen (secondary N) is 1. The number of aryl methyl sites for hydroxylation is 1. The van der Waals surface area contributed by atoms with Crippen LogP contribution in [0, 0.1) is 24.0 Å². The minimum Gasteiger partial charge on any atom is -0.493 e. The monoisotopic (exact) mass is 471 g/mol. The van der Waals surface area contributed by atoms with Crippen molar-refractivity contribution in [1.29, 1.82) is 0 Å². The van der Waals surface area contributed by atoms with Crippen LogP contribution in [0.1, 0.15) is 20.9 Å². The predicted molar refractivity (Wildman–Crippen MR) is 122 cm³/mol. The van der Waals surface area contributed by atoms with Crippen LogP contribution in [0.15, 0.2) is 36.4 Å². The van der Waals surface area contributed by atoms with Gasteiger partial charge in [-0.05, 0) is 38.1 Å². The van der Waals surface area contributed by atoms with Crippen LogP contribution in [0.3, 0.4) is 0 Å². The molecule has 10 nitrogen and oxygen atoms in total. The number of nitrogens with zero attached hydrogens (tertiary/aromatic N) is 2. The van der Waals surface area contributed by atoms with Gasteiger partial charge in [-0.15, -0.1) is 11.3 Å². The van der Waals surface area contributed by atoms with Gasteiger partial charge in [-0.3, -0.25) is 14.9 Å². The highest BCUT2D eigenvalue weighted by molar-refractivity contribution is 7.17. The molecule has 3 aromatic rings. The van der Waals surface area contributed by atoms with Gasteiger partial charge in [0.25, 0.3) is 11.6 Å². The number of carbonyl (C=O) groups excluding carboxylic acids is 2. The molecule has 0 unspecified atom stereocenters. The average molecular weight is 471 g/mol. The number of hydrogen-bond acceptors (Lipinski definition) is 9. The van der Waals surface area contributed by atoms with E-state index in [4.69, 9.17) is 14.2 Å². The van der Waals surface area contributed by atoms with Gasteiger partial charge in [0, 0.05) is 11.6 Å². The molecule has 1 N–H and O–H groups in total. The van der Waals surface area contributed by atoms with Gasteiger partial charge in [0.1, 0.15) is 9.88 Å². The molecular weight excluding hydrogens is 450 g/mol. The van der Waals surface area contributed by atoms with Crippen LogP contribution in [0.25, 0.3) is 10.6 Å². The second-order valence-corrected chi connectivity index (χ2v) is 7.83. The molecule has 1 heterocycles. The topological polar surface area (TPSA) is 130 Å². The van der Waals surface area contributed by atoms with Gasteiger partial charge in [-0.25, -0.2) is 9.78 Å². The lowest BCUT2D eigenvalue weighted by Gasteiger charge is -2.09. The lowest BCUT2D eigenvalue weighted by molar-refractivity contribution is -0.385. The van der Waals surface area contributed by atoms with Gasteiger partial charge >= 0.3 is 5.97 Å². The summed E-state index contributed by atoms with van der Waals surface area (Å²) in [6.45, 7) is 2.64. The molecule has 11 heteroatoms. The highest BCUT2D eigenvalue weighted by Crippen LogP contribution is 2.35. The SMILES string of the molecule is COc1ccc(-c2nc(C)c(C(=O)OCC(=O)Nc3cccc([N+](=O)[O-])c3C)s2)cc1OC. The zero-order valence-electron chi connectivity index (χ0n) is 18.3. The minimum absolute atomic E-state index is 0.118. The molecular formula is C22H21N3O7S. The fourth-order valence-corrected chi connectivity index (χ4v) is 3.97. The smallest absolute Gasteiger partial charge is 0.350 e. The van der Waals surface area contributed by atoms with Gasteiger partial charge in [0.05, 0.1) is 36.1 Å². The van der Waals surface area contributed by atoms with Crippen LogP contribution >= 0.6 is 11.3 Å². The normalized spacial score (nSPS) is 10.4. The van der Waals surface area contributed by atoms with Gasteiger partial charge in [-0.2, -0.15) is 0 Å². The number of amides is 1. The number of anilines is 1. The Hall–Kier alpha value is -3.99. The zero-order chi connectivity index (χ0) is 24.1. The van der Waals surface area contributed by atoms with E-state index in [0.717, 1.165) is 16.9 Å². The molecule has 0 fully saturated rings. The van der Waals surface area contributed by atoms with Crippen LogP contribution in [0.2, 0.25) is 0 Å². The summed E-state index contributed by atoms with van der Waals surface area (Å²) in [4.78, 5) is 40.0. The fourth-order valence-electron chi connectivity index (χ4n) is 3.02. The van der Waals surface area contributed by atoms with Gasteiger partial charge in [0.15, 0.2) is 18.1 Å². The third-order valence-corrected chi connectivity index (χ3v) is 5.91. The van der Waals surface area contributed by atoms with Gasteiger partial charge in [0.2, 0.25) is 0 Å². The van der Waals surface area contributed by atoms with E-state index in [1.807, 2.05) is 0 Å². The summed E-state index contributed by atoms with van der Waals surface area (Å²) in [7, 11) is 3.06. The van der Waals surface area contributed by atoms with Crippen LogP contribution < -0.4 is 14.8 Å². The van der Waals surface area contributed by atoms with Gasteiger partial charge in [-0.1, -0.05) is 6.07 Å². The first-order valence-electron chi connectivity index (χ1n) is 9.66. The van der Waals surface area contributed by atoms with Crippen molar-refractivity contribution >= 4 is 34.6 Å². The Labute approximate surface area is 193 Å². The van der Waals surface area contributed by atoms with Crippen molar-refractivity contribution in [2.75, 3.05) is 26.1 Å². The van der Waals surface area contributed by atoms with Crippen LogP contribution in [0.5, 0.6) is 11.5 Å². The van der Waals surface area contributed by atoms with Crippen molar-refractivity contribution in [2.45, 2.75) is 13.8 Å². The molecule has 2 aromatic carbocycles. The molecule has 1 aromatic heterocycles. The maximum absolute atomic E-state index is 12.5. The second kappa shape index (κ2) is 10.1. The standard InChI is InChI=1S/C22H21N3O7S/c1-12-15(6-5-7-16(12)25(28)29)24-19(26)11-32-22(27)20-13(2)23-21(33-20)14-8-9-17(30-3)18(10-14)31-4/h5-10H,11H2,1-4H3,(H,24,26). The zero-order valence-corrected chi connectivity index (χ0v) is 19.1. The number of ether oxygens (including phenoxy) is 3. The van der Waals surface area contributed by atoms with Crippen LogP contribution in [-0.4, -0.2) is 42.6 Å². The van der Waals surface area contributed by atoms with E-state index >= 15 is 0 Å². The fraction of sp³-hybridized carbons (Fsp3) is 0.227. The number of aromatic nitrogens is 1. The second-order valence-electron chi connectivity index (χ2n) is 6.83. The first-order valence-corrected chi connectivity index (χ1v) is 10.5. The predicted octanol–water partition coefficient (Wildman–Crippen LogP) is 4.15. The largest absolute Gasteiger partial charge is 0.493 e. The molecule has 0 aliphatic rings. The molecule has 0 bridgehead atoms. The number of hydrogen-bond donors (Lipinski definition) is 1. The number of nitro groups is 1. The number of thiazole rings is 1. The molecule has 172 valence electrons. The van der Waals surface area contributed by atoms with Crippen molar-refractivity contribution in [3.8, 4) is 22.1 Å². The number of rotatable bonds is 8. The average Bonchev–Trinajstić information content (AvgIpc) is 3.19. The summed E-state index contributed by atoms with van der Waals surface area (Å²) in [5.74, 6) is -0.212. The number of benzene rings is 2. The molecule has 0 atom stereocenters. The Bertz CT molecular complexity index is 1220. The quantitative estimate of drug-likeness (QED) is 0.295. The summed E-state index contributed by atoms with van der Waals surface area (Å²) >= 11 is 1.13. The van der Waals surface area contributed by atoms with Crippen molar-refractivity contribution in [2.24, 2.45) is 0 Å². The third-order valence-electron chi connectivity index (χ3n) is 4.72. The van der Waals surface area contributed by atoms with E-state index in [1.54, 1.807) is 25.1 Å². The van der Waals surface area contributed by atoms with Crippen molar-refractivity contribution in [1.82, 2.24) is 4.98 Å². The maximum atomic E-state index is 12.5. The van der Waals surface area contributed by atoms with Crippen molar-refractivity contribution < 1.29 is 28.7 Å². The molecule has 3 rings (SSSR count). The lowest BCUT2D eigenvalue weighted by Crippen LogP contribution is -2.21. The van der Waals surface area contributed by atoms with Crippen molar-refractivity contribution in [3.05, 3.63) is 62.6 Å². The Balaban J connectivity index is 1.68. The maximum Gasteiger partial charge on any atom is 0.350 e. The summed E-state index contributed by atoms with van der Waals surface area (Å²) in [5, 5.41) is 14.1. The summed E-state index contributed by atoms with van der Waals surface area (Å²) in [5.41, 5.74) is 1.66. The van der Waals surface area contributed by atoms with Gasteiger partial charge < -0.3 is 19.5 Å². The number of methoxy groups -OCH3 is 2. The highest BCUT2D eigenvalue weighted by atomic mass is 32.1. The van der Waals surface area contributed by atoms with Crippen LogP contribution in [-0.2, 0) is 9.53 Å². The molecule has 0 radical (unpaired) electrons. The molecule has 33 heavy (non-hydrogen) atoms. The van der Waals surface area contributed by atoms with Crippen LogP contribution in [0.4, 0.5) is 11.4 Å². The van der Waals surface area contributed by atoms with E-state index < -0.39 is 23.4 Å². The molecule has 0 saturated carbocycles. The summed E-state index contributed by atoms with van der Waals surface area (Å²) in [6, 6.07) is 9.62. The first-order chi connectivity index (χ1) is 15.7. The molecule has 1 amide bonds. The first kappa shape index (κ1) is 23.7. The lowest BCUT2D eigenvalue weighted by atomic mass is 10.1. The van der Waals surface area contributed by atoms with E-state index in [1.165, 1.54) is 39.3 Å². The van der Waals surface area contributed by atoms with E-state index in [2.05, 4.69) is 10.3 Å². The molecule has 0 aliphatic carbocycles. The summed E-state index contributed by atoms with van der Waals surface area (Å²) < 4.78 is 15.7. The number of esters is 1. The summed E-state index contributed by atoms with van der Waals surface area (Å²) in [6.07, 6.45) is 0. The van der Waals surface area contributed by atoms with Crippen molar-refractivity contribution in [3.63, 3.8) is 0 Å². The molecule has 0 saturated heterocycles. The molecule has 0 spiro atoms. The highest BCUT2D eigenvalue weighted by Gasteiger charge is 2.20. The Morgan fingerprint density at radius 1 is 1.12 bits per heavy atom. The minimum atomic E-state index is -0.692.